The first kappa shape index (κ1) is 17.2. The summed E-state index contributed by atoms with van der Waals surface area (Å²) in [5, 5.41) is 5.95. The van der Waals surface area contributed by atoms with Crippen molar-refractivity contribution in [2.75, 3.05) is 17.2 Å². The van der Waals surface area contributed by atoms with Crippen LogP contribution in [0.4, 0.5) is 11.5 Å². The summed E-state index contributed by atoms with van der Waals surface area (Å²) in [6.45, 7) is 4.22. The zero-order valence-electron chi connectivity index (χ0n) is 14.2. The van der Waals surface area contributed by atoms with Crippen molar-refractivity contribution in [3.8, 4) is 11.5 Å². The number of carbonyl (C=O) groups excluding carboxylic acids is 1. The third-order valence-electron chi connectivity index (χ3n) is 3.56. The Bertz CT molecular complexity index is 895. The Morgan fingerprint density at radius 3 is 2.65 bits per heavy atom. The molecule has 0 aliphatic carbocycles. The van der Waals surface area contributed by atoms with Crippen molar-refractivity contribution in [3.63, 3.8) is 0 Å². The monoisotopic (exact) mass is 345 g/mol. The topological polar surface area (TPSA) is 63.2 Å². The van der Waals surface area contributed by atoms with E-state index in [-0.39, 0.29) is 5.91 Å². The van der Waals surface area contributed by atoms with Gasteiger partial charge in [0.15, 0.2) is 5.75 Å². The Morgan fingerprint density at radius 2 is 1.85 bits per heavy atom. The fraction of sp³-hybridized carbons (Fsp3) is 0.0476. The molecule has 5 nitrogen and oxygen atoms in total. The normalized spacial score (nSPS) is 10.0. The lowest BCUT2D eigenvalue weighted by Gasteiger charge is -2.12. The van der Waals surface area contributed by atoms with Crippen molar-refractivity contribution in [3.05, 3.63) is 91.1 Å². The molecule has 3 aromatic rings. The van der Waals surface area contributed by atoms with Gasteiger partial charge in [-0.05, 0) is 36.4 Å². The number of aromatic nitrogens is 1. The molecule has 1 amide bonds. The smallest absolute Gasteiger partial charge is 0.255 e. The number of nitrogens with one attached hydrogen (secondary N) is 2. The molecule has 0 bridgehead atoms. The molecular weight excluding hydrogens is 326 g/mol. The van der Waals surface area contributed by atoms with Gasteiger partial charge in [-0.2, -0.15) is 0 Å². The predicted octanol–water partition coefficient (Wildman–Crippen LogP) is 4.72. The summed E-state index contributed by atoms with van der Waals surface area (Å²) >= 11 is 0. The Labute approximate surface area is 152 Å². The van der Waals surface area contributed by atoms with E-state index in [4.69, 9.17) is 4.74 Å². The van der Waals surface area contributed by atoms with Crippen LogP contribution in [-0.2, 0) is 0 Å². The third kappa shape index (κ3) is 4.48. The molecule has 2 aromatic carbocycles. The van der Waals surface area contributed by atoms with E-state index in [0.717, 1.165) is 0 Å². The molecule has 0 spiro atoms. The van der Waals surface area contributed by atoms with Crippen molar-refractivity contribution >= 4 is 17.4 Å². The van der Waals surface area contributed by atoms with Gasteiger partial charge in [-0.25, -0.2) is 4.98 Å². The van der Waals surface area contributed by atoms with Crippen LogP contribution in [0, 0.1) is 0 Å². The molecule has 0 fully saturated rings. The summed E-state index contributed by atoms with van der Waals surface area (Å²) in [7, 11) is 0. The highest BCUT2D eigenvalue weighted by atomic mass is 16.5. The molecule has 1 heterocycles. The van der Waals surface area contributed by atoms with E-state index in [0.29, 0.717) is 35.1 Å². The van der Waals surface area contributed by atoms with E-state index in [1.54, 1.807) is 30.5 Å². The van der Waals surface area contributed by atoms with E-state index in [2.05, 4.69) is 22.2 Å². The van der Waals surface area contributed by atoms with Crippen molar-refractivity contribution in [1.29, 1.82) is 0 Å². The van der Waals surface area contributed by atoms with Crippen molar-refractivity contribution in [2.24, 2.45) is 0 Å². The van der Waals surface area contributed by atoms with E-state index in [1.165, 1.54) is 0 Å². The number of rotatable bonds is 7. The number of nitrogens with zero attached hydrogens (tertiary/aromatic N) is 1. The molecule has 3 rings (SSSR count). The Hall–Kier alpha value is -3.60. The molecule has 1 aromatic heterocycles. The molecule has 2 N–H and O–H groups in total. The molecule has 0 aliphatic heterocycles. The van der Waals surface area contributed by atoms with Gasteiger partial charge in [0.2, 0.25) is 0 Å². The van der Waals surface area contributed by atoms with Gasteiger partial charge in [0.05, 0.1) is 5.69 Å². The molecule has 0 radical (unpaired) electrons. The Balaban J connectivity index is 1.76. The van der Waals surface area contributed by atoms with Gasteiger partial charge in [-0.15, -0.1) is 6.58 Å². The van der Waals surface area contributed by atoms with Crippen molar-refractivity contribution < 1.29 is 9.53 Å². The number of hydrogen-bond acceptors (Lipinski definition) is 4. The molecule has 5 heteroatoms. The second kappa shape index (κ2) is 8.48. The maximum Gasteiger partial charge on any atom is 0.255 e. The van der Waals surface area contributed by atoms with Crippen LogP contribution in [0.25, 0.3) is 0 Å². The first-order valence-electron chi connectivity index (χ1n) is 8.20. The van der Waals surface area contributed by atoms with E-state index in [9.17, 15) is 4.79 Å². The number of ether oxygens (including phenoxy) is 1. The zero-order valence-corrected chi connectivity index (χ0v) is 14.2. The molecule has 26 heavy (non-hydrogen) atoms. The van der Waals surface area contributed by atoms with Crippen LogP contribution in [0.2, 0.25) is 0 Å². The summed E-state index contributed by atoms with van der Waals surface area (Å²) in [6, 6.07) is 20.1. The molecule has 0 saturated heterocycles. The van der Waals surface area contributed by atoms with Crippen molar-refractivity contribution in [2.45, 2.75) is 0 Å². The van der Waals surface area contributed by atoms with Crippen molar-refractivity contribution in [1.82, 2.24) is 4.98 Å². The summed E-state index contributed by atoms with van der Waals surface area (Å²) in [5.41, 5.74) is 1.10. The van der Waals surface area contributed by atoms with Crippen LogP contribution >= 0.6 is 0 Å². The highest BCUT2D eigenvalue weighted by molar-refractivity contribution is 6.05. The summed E-state index contributed by atoms with van der Waals surface area (Å²) in [6.07, 6.45) is 3.32. The SMILES string of the molecule is C=CCNc1cc(C(=O)Nc2ccccc2Oc2ccccc2)ccn1. The van der Waals surface area contributed by atoms with Gasteiger partial charge in [-0.1, -0.05) is 36.4 Å². The fourth-order valence-electron chi connectivity index (χ4n) is 2.31. The maximum atomic E-state index is 12.6. The van der Waals surface area contributed by atoms with Gasteiger partial charge in [-0.3, -0.25) is 4.79 Å². The lowest BCUT2D eigenvalue weighted by molar-refractivity contribution is 0.102. The predicted molar refractivity (Wildman–Crippen MR) is 104 cm³/mol. The largest absolute Gasteiger partial charge is 0.455 e. The Morgan fingerprint density at radius 1 is 1.08 bits per heavy atom. The van der Waals surface area contributed by atoms with Crippen LogP contribution in [0.1, 0.15) is 10.4 Å². The zero-order chi connectivity index (χ0) is 18.2. The van der Waals surface area contributed by atoms with E-state index in [1.807, 2.05) is 48.5 Å². The Kier molecular flexibility index (Phi) is 5.62. The highest BCUT2D eigenvalue weighted by Gasteiger charge is 2.11. The molecule has 0 aliphatic rings. The summed E-state index contributed by atoms with van der Waals surface area (Å²) < 4.78 is 5.87. The van der Waals surface area contributed by atoms with Gasteiger partial charge in [0.1, 0.15) is 11.6 Å². The average molecular weight is 345 g/mol. The maximum absolute atomic E-state index is 12.6. The van der Waals surface area contributed by atoms with Gasteiger partial charge in [0, 0.05) is 18.3 Å². The van der Waals surface area contributed by atoms with E-state index >= 15 is 0 Å². The van der Waals surface area contributed by atoms with Gasteiger partial charge >= 0.3 is 0 Å². The van der Waals surface area contributed by atoms with Crippen LogP contribution < -0.4 is 15.4 Å². The number of carbonyl (C=O) groups is 1. The first-order chi connectivity index (χ1) is 12.8. The minimum Gasteiger partial charge on any atom is -0.455 e. The average Bonchev–Trinajstić information content (AvgIpc) is 2.69. The second-order valence-corrected chi connectivity index (χ2v) is 5.46. The molecule has 130 valence electrons. The summed E-state index contributed by atoms with van der Waals surface area (Å²) in [4.78, 5) is 16.8. The number of pyridine rings is 1. The van der Waals surface area contributed by atoms with Crippen LogP contribution in [-0.4, -0.2) is 17.4 Å². The molecule has 0 saturated carbocycles. The lowest BCUT2D eigenvalue weighted by atomic mass is 10.2. The van der Waals surface area contributed by atoms with Crippen LogP contribution in [0.15, 0.2) is 85.6 Å². The second-order valence-electron chi connectivity index (χ2n) is 5.46. The standard InChI is InChI=1S/C21H19N3O2/c1-2-13-22-20-15-16(12-14-23-20)21(25)24-18-10-6-7-11-19(18)26-17-8-4-3-5-9-17/h2-12,14-15H,1,13H2,(H,22,23)(H,24,25). The number of hydrogen-bond donors (Lipinski definition) is 2. The third-order valence-corrected chi connectivity index (χ3v) is 3.56. The quantitative estimate of drug-likeness (QED) is 0.608. The number of anilines is 2. The molecule has 0 atom stereocenters. The minimum atomic E-state index is -0.238. The first-order valence-corrected chi connectivity index (χ1v) is 8.20. The van der Waals surface area contributed by atoms with E-state index < -0.39 is 0 Å². The lowest BCUT2D eigenvalue weighted by Crippen LogP contribution is -2.13. The van der Waals surface area contributed by atoms with Gasteiger partial charge in [0.25, 0.3) is 5.91 Å². The molecule has 0 unspecified atom stereocenters. The number of benzene rings is 2. The fourth-order valence-corrected chi connectivity index (χ4v) is 2.31. The van der Waals surface area contributed by atoms with Crippen LogP contribution in [0.5, 0.6) is 11.5 Å². The van der Waals surface area contributed by atoms with Crippen LogP contribution in [0.3, 0.4) is 0 Å². The highest BCUT2D eigenvalue weighted by Crippen LogP contribution is 2.29. The minimum absolute atomic E-state index is 0.238. The molecular formula is C21H19N3O2. The number of amides is 1. The number of para-hydroxylation sites is 3. The van der Waals surface area contributed by atoms with Gasteiger partial charge < -0.3 is 15.4 Å². The summed E-state index contributed by atoms with van der Waals surface area (Å²) in [5.74, 6) is 1.66.